The molecule has 0 saturated heterocycles. The van der Waals surface area contributed by atoms with Crippen molar-refractivity contribution in [2.45, 2.75) is 19.9 Å². The van der Waals surface area contributed by atoms with Crippen LogP contribution in [0.2, 0.25) is 0 Å². The number of hydrogen-bond donors (Lipinski definition) is 2. The van der Waals surface area contributed by atoms with Crippen molar-refractivity contribution >= 4 is 17.3 Å². The van der Waals surface area contributed by atoms with Crippen LogP contribution in [0.25, 0.3) is 5.52 Å². The molecule has 2 aromatic heterocycles. The first kappa shape index (κ1) is 10.4. The summed E-state index contributed by atoms with van der Waals surface area (Å²) in [6.45, 7) is 3.44. The summed E-state index contributed by atoms with van der Waals surface area (Å²) < 4.78 is 1.67. The Bertz CT molecular complexity index is 535. The van der Waals surface area contributed by atoms with E-state index < -0.39 is 12.0 Å². The number of carboxylic acids is 1. The van der Waals surface area contributed by atoms with E-state index in [0.717, 1.165) is 11.2 Å². The molecule has 0 unspecified atom stereocenters. The second-order valence-electron chi connectivity index (χ2n) is 3.60. The van der Waals surface area contributed by atoms with Gasteiger partial charge in [-0.1, -0.05) is 0 Å². The van der Waals surface area contributed by atoms with E-state index in [9.17, 15) is 4.79 Å². The molecule has 84 valence electrons. The molecular weight excluding hydrogens is 208 g/mol. The van der Waals surface area contributed by atoms with Crippen LogP contribution >= 0.6 is 0 Å². The molecule has 0 aromatic carbocycles. The molecule has 0 aliphatic heterocycles. The predicted molar refractivity (Wildman–Crippen MR) is 58.4 cm³/mol. The lowest BCUT2D eigenvalue weighted by Crippen LogP contribution is -2.26. The molecule has 6 nitrogen and oxygen atoms in total. The fraction of sp³-hybridized carbons (Fsp3) is 0.300. The first-order valence-corrected chi connectivity index (χ1v) is 4.88. The molecule has 0 amide bonds. The van der Waals surface area contributed by atoms with Crippen LogP contribution < -0.4 is 5.32 Å². The Morgan fingerprint density at radius 3 is 3.06 bits per heavy atom. The van der Waals surface area contributed by atoms with Crippen LogP contribution in [-0.4, -0.2) is 31.7 Å². The third-order valence-electron chi connectivity index (χ3n) is 2.24. The first-order valence-electron chi connectivity index (χ1n) is 4.88. The fourth-order valence-corrected chi connectivity index (χ4v) is 1.42. The summed E-state index contributed by atoms with van der Waals surface area (Å²) in [6, 6.07) is 1.16. The summed E-state index contributed by atoms with van der Waals surface area (Å²) in [6.07, 6.45) is 3.30. The maximum Gasteiger partial charge on any atom is 0.325 e. The average molecular weight is 220 g/mol. The van der Waals surface area contributed by atoms with Crippen molar-refractivity contribution in [1.29, 1.82) is 0 Å². The lowest BCUT2D eigenvalue weighted by molar-refractivity contribution is -0.137. The monoisotopic (exact) mass is 220 g/mol. The number of aryl methyl sites for hydroxylation is 1. The Kier molecular flexibility index (Phi) is 2.47. The van der Waals surface area contributed by atoms with Crippen LogP contribution in [0.5, 0.6) is 0 Å². The minimum atomic E-state index is -0.917. The number of hydrogen-bond acceptors (Lipinski definition) is 4. The van der Waals surface area contributed by atoms with Gasteiger partial charge in [-0.2, -0.15) is 5.10 Å². The smallest absolute Gasteiger partial charge is 0.325 e. The highest BCUT2D eigenvalue weighted by molar-refractivity contribution is 5.79. The van der Waals surface area contributed by atoms with Crippen molar-refractivity contribution in [2.24, 2.45) is 0 Å². The molecule has 0 aliphatic carbocycles. The topological polar surface area (TPSA) is 79.5 Å². The number of aliphatic carboxylic acids is 1. The number of rotatable bonds is 3. The minimum absolute atomic E-state index is 0.526. The Balaban J connectivity index is 2.40. The van der Waals surface area contributed by atoms with E-state index in [4.69, 9.17) is 5.11 Å². The van der Waals surface area contributed by atoms with E-state index >= 15 is 0 Å². The van der Waals surface area contributed by atoms with Crippen LogP contribution in [0.3, 0.4) is 0 Å². The van der Waals surface area contributed by atoms with Crippen molar-refractivity contribution in [2.75, 3.05) is 5.32 Å². The van der Waals surface area contributed by atoms with E-state index in [1.54, 1.807) is 23.8 Å². The van der Waals surface area contributed by atoms with Crippen LogP contribution in [0.1, 0.15) is 12.6 Å². The van der Waals surface area contributed by atoms with E-state index in [1.165, 1.54) is 0 Å². The number of nitrogens with one attached hydrogen (secondary N) is 1. The maximum atomic E-state index is 10.7. The number of carboxylic acid groups (broad SMARTS) is 1. The SMILES string of the molecule is Cc1cc2c(N[C@@H](C)C(=O)O)nccn2n1. The van der Waals surface area contributed by atoms with Crippen molar-refractivity contribution in [3.8, 4) is 0 Å². The summed E-state index contributed by atoms with van der Waals surface area (Å²) in [5.41, 5.74) is 1.63. The van der Waals surface area contributed by atoms with Gasteiger partial charge in [0.1, 0.15) is 11.6 Å². The second-order valence-corrected chi connectivity index (χ2v) is 3.60. The lowest BCUT2D eigenvalue weighted by Gasteiger charge is -2.10. The summed E-state index contributed by atoms with van der Waals surface area (Å²) >= 11 is 0. The molecule has 2 N–H and O–H groups in total. The van der Waals surface area contributed by atoms with Gasteiger partial charge in [0.05, 0.1) is 5.69 Å². The third kappa shape index (κ3) is 1.81. The average Bonchev–Trinajstić information content (AvgIpc) is 2.59. The van der Waals surface area contributed by atoms with Gasteiger partial charge in [0, 0.05) is 12.4 Å². The molecule has 0 saturated carbocycles. The zero-order chi connectivity index (χ0) is 11.7. The molecule has 0 radical (unpaired) electrons. The molecule has 2 heterocycles. The molecule has 6 heteroatoms. The normalized spacial score (nSPS) is 12.6. The summed E-state index contributed by atoms with van der Waals surface area (Å²) in [4.78, 5) is 14.8. The van der Waals surface area contributed by atoms with Gasteiger partial charge in [0.15, 0.2) is 5.82 Å². The summed E-state index contributed by atoms with van der Waals surface area (Å²) in [7, 11) is 0. The molecular formula is C10H12N4O2. The Morgan fingerprint density at radius 1 is 1.62 bits per heavy atom. The first-order chi connectivity index (χ1) is 7.58. The quantitative estimate of drug-likeness (QED) is 0.804. The Hall–Kier alpha value is -2.11. The Morgan fingerprint density at radius 2 is 2.38 bits per heavy atom. The van der Waals surface area contributed by atoms with Gasteiger partial charge < -0.3 is 10.4 Å². The lowest BCUT2D eigenvalue weighted by atomic mass is 10.3. The number of aromatic nitrogens is 3. The molecule has 0 aliphatic rings. The number of anilines is 1. The van der Waals surface area contributed by atoms with Gasteiger partial charge in [-0.15, -0.1) is 0 Å². The van der Waals surface area contributed by atoms with Crippen molar-refractivity contribution in [1.82, 2.24) is 14.6 Å². The standard InChI is InChI=1S/C10H12N4O2/c1-6-5-8-9(12-7(2)10(15)16)11-3-4-14(8)13-6/h3-5,7H,1-2H3,(H,11,12)(H,15,16)/t7-/m0/s1. The molecule has 2 aromatic rings. The number of nitrogens with zero attached hydrogens (tertiary/aromatic N) is 3. The third-order valence-corrected chi connectivity index (χ3v) is 2.24. The number of carbonyl (C=O) groups is 1. The van der Waals surface area contributed by atoms with E-state index in [1.807, 2.05) is 13.0 Å². The van der Waals surface area contributed by atoms with Crippen LogP contribution in [0, 0.1) is 6.92 Å². The Labute approximate surface area is 91.9 Å². The predicted octanol–water partition coefficient (Wildman–Crippen LogP) is 0.923. The maximum absolute atomic E-state index is 10.7. The van der Waals surface area contributed by atoms with Gasteiger partial charge in [-0.25, -0.2) is 9.50 Å². The van der Waals surface area contributed by atoms with Crippen LogP contribution in [0.15, 0.2) is 18.5 Å². The molecule has 16 heavy (non-hydrogen) atoms. The van der Waals surface area contributed by atoms with Crippen molar-refractivity contribution < 1.29 is 9.90 Å². The van der Waals surface area contributed by atoms with Gasteiger partial charge >= 0.3 is 5.97 Å². The molecule has 0 bridgehead atoms. The highest BCUT2D eigenvalue weighted by atomic mass is 16.4. The van der Waals surface area contributed by atoms with Gasteiger partial charge in [-0.3, -0.25) is 4.79 Å². The minimum Gasteiger partial charge on any atom is -0.480 e. The highest BCUT2D eigenvalue weighted by Crippen LogP contribution is 2.15. The van der Waals surface area contributed by atoms with E-state index in [0.29, 0.717) is 5.82 Å². The highest BCUT2D eigenvalue weighted by Gasteiger charge is 2.13. The zero-order valence-corrected chi connectivity index (χ0v) is 9.01. The van der Waals surface area contributed by atoms with Crippen LogP contribution in [0.4, 0.5) is 5.82 Å². The molecule has 0 spiro atoms. The van der Waals surface area contributed by atoms with Gasteiger partial charge in [0.2, 0.25) is 0 Å². The van der Waals surface area contributed by atoms with Gasteiger partial charge in [-0.05, 0) is 19.9 Å². The van der Waals surface area contributed by atoms with Crippen molar-refractivity contribution in [3.63, 3.8) is 0 Å². The van der Waals surface area contributed by atoms with E-state index in [-0.39, 0.29) is 0 Å². The second kappa shape index (κ2) is 3.80. The largest absolute Gasteiger partial charge is 0.480 e. The summed E-state index contributed by atoms with van der Waals surface area (Å²) in [5.74, 6) is -0.391. The molecule has 0 fully saturated rings. The van der Waals surface area contributed by atoms with Gasteiger partial charge in [0.25, 0.3) is 0 Å². The zero-order valence-electron chi connectivity index (χ0n) is 9.01. The fourth-order valence-electron chi connectivity index (χ4n) is 1.42. The number of fused-ring (bicyclic) bond motifs is 1. The molecule has 1 atom stereocenters. The van der Waals surface area contributed by atoms with E-state index in [2.05, 4.69) is 15.4 Å². The van der Waals surface area contributed by atoms with Crippen molar-refractivity contribution in [3.05, 3.63) is 24.2 Å². The molecule has 2 rings (SSSR count). The van der Waals surface area contributed by atoms with Crippen LogP contribution in [-0.2, 0) is 4.79 Å². The summed E-state index contributed by atoms with van der Waals surface area (Å²) in [5, 5.41) is 15.8.